The van der Waals surface area contributed by atoms with E-state index in [2.05, 4.69) is 17.9 Å². The number of carbonyl (C=O) groups is 1. The van der Waals surface area contributed by atoms with Gasteiger partial charge in [-0.05, 0) is 42.5 Å². The van der Waals surface area contributed by atoms with Crippen molar-refractivity contribution in [2.45, 2.75) is 14.7 Å². The number of nitrogens with one attached hydrogen (secondary N) is 1. The summed E-state index contributed by atoms with van der Waals surface area (Å²) >= 11 is 1.41. The zero-order valence-electron chi connectivity index (χ0n) is 16.5. The lowest BCUT2D eigenvalue weighted by molar-refractivity contribution is 0.1000. The van der Waals surface area contributed by atoms with Gasteiger partial charge in [0.15, 0.2) is 0 Å². The van der Waals surface area contributed by atoms with Gasteiger partial charge in [-0.15, -0.1) is 0 Å². The van der Waals surface area contributed by atoms with Crippen LogP contribution in [-0.2, 0) is 10.0 Å². The molecule has 5 N–H and O–H groups in total. The standard InChI is InChI=1S/C23H21N3O3S2/c1-3-18-19(4-2)22(24)21(30-16-8-6-5-7-9-16)14-20(18)26-31(28,29)17-12-10-15(11-13-17)23(25)27/h3-14,26H,1-2,24H2,(H2,25,27). The van der Waals surface area contributed by atoms with Crippen molar-refractivity contribution < 1.29 is 13.2 Å². The highest BCUT2D eigenvalue weighted by molar-refractivity contribution is 7.99. The molecule has 0 atom stereocenters. The third-order valence-corrected chi connectivity index (χ3v) is 6.93. The molecule has 3 aromatic carbocycles. The zero-order valence-corrected chi connectivity index (χ0v) is 18.2. The van der Waals surface area contributed by atoms with Gasteiger partial charge < -0.3 is 11.5 Å². The highest BCUT2D eigenvalue weighted by atomic mass is 32.2. The normalized spacial score (nSPS) is 11.0. The fourth-order valence-corrected chi connectivity index (χ4v) is 4.95. The lowest BCUT2D eigenvalue weighted by Crippen LogP contribution is -2.16. The number of carbonyl (C=O) groups excluding carboxylic acids is 1. The Balaban J connectivity index is 2.06. The van der Waals surface area contributed by atoms with Crippen LogP contribution in [0.4, 0.5) is 11.4 Å². The first-order valence-electron chi connectivity index (χ1n) is 9.13. The second kappa shape index (κ2) is 9.11. The van der Waals surface area contributed by atoms with Gasteiger partial charge in [0.2, 0.25) is 5.91 Å². The van der Waals surface area contributed by atoms with E-state index in [9.17, 15) is 13.2 Å². The Bertz CT molecular complexity index is 1250. The number of hydrogen-bond donors (Lipinski definition) is 3. The van der Waals surface area contributed by atoms with E-state index >= 15 is 0 Å². The third kappa shape index (κ3) is 4.82. The van der Waals surface area contributed by atoms with Crippen molar-refractivity contribution >= 4 is 51.2 Å². The number of primary amides is 1. The van der Waals surface area contributed by atoms with Crippen LogP contribution in [0.5, 0.6) is 0 Å². The maximum Gasteiger partial charge on any atom is 0.261 e. The summed E-state index contributed by atoms with van der Waals surface area (Å²) in [6, 6.07) is 16.6. The molecule has 0 spiro atoms. The molecule has 0 unspecified atom stereocenters. The second-order valence-electron chi connectivity index (χ2n) is 6.48. The van der Waals surface area contributed by atoms with Crippen LogP contribution in [0, 0.1) is 0 Å². The van der Waals surface area contributed by atoms with E-state index < -0.39 is 15.9 Å². The summed E-state index contributed by atoms with van der Waals surface area (Å²) in [6.07, 6.45) is 3.10. The molecule has 0 aliphatic heterocycles. The number of hydrogen-bond acceptors (Lipinski definition) is 5. The van der Waals surface area contributed by atoms with E-state index in [4.69, 9.17) is 11.5 Å². The molecule has 3 aromatic rings. The smallest absolute Gasteiger partial charge is 0.261 e. The van der Waals surface area contributed by atoms with E-state index in [0.717, 1.165) is 4.90 Å². The summed E-state index contributed by atoms with van der Waals surface area (Å²) < 4.78 is 28.6. The van der Waals surface area contributed by atoms with Gasteiger partial charge in [-0.2, -0.15) is 0 Å². The Morgan fingerprint density at radius 1 is 0.968 bits per heavy atom. The van der Waals surface area contributed by atoms with Crippen molar-refractivity contribution in [1.29, 1.82) is 0 Å². The summed E-state index contributed by atoms with van der Waals surface area (Å²) in [4.78, 5) is 12.9. The van der Waals surface area contributed by atoms with E-state index in [-0.39, 0.29) is 10.5 Å². The Labute approximate surface area is 185 Å². The monoisotopic (exact) mass is 451 g/mol. The summed E-state index contributed by atoms with van der Waals surface area (Å²) in [6.45, 7) is 7.60. The van der Waals surface area contributed by atoms with Crippen LogP contribution in [0.15, 0.2) is 88.5 Å². The molecule has 31 heavy (non-hydrogen) atoms. The van der Waals surface area contributed by atoms with Crippen molar-refractivity contribution in [3.63, 3.8) is 0 Å². The van der Waals surface area contributed by atoms with E-state index in [1.54, 1.807) is 12.1 Å². The van der Waals surface area contributed by atoms with E-state index in [1.165, 1.54) is 42.1 Å². The number of nitrogen functional groups attached to an aromatic ring is 1. The van der Waals surface area contributed by atoms with Gasteiger partial charge in [0, 0.05) is 26.5 Å². The van der Waals surface area contributed by atoms with Crippen molar-refractivity contribution in [1.82, 2.24) is 0 Å². The molecule has 0 bridgehead atoms. The minimum atomic E-state index is -3.95. The van der Waals surface area contributed by atoms with Crippen molar-refractivity contribution in [3.05, 3.63) is 90.5 Å². The molecule has 1 amide bonds. The first-order chi connectivity index (χ1) is 14.8. The minimum absolute atomic E-state index is 0.0123. The van der Waals surface area contributed by atoms with Gasteiger partial charge in [0.25, 0.3) is 10.0 Å². The highest BCUT2D eigenvalue weighted by Crippen LogP contribution is 2.40. The Morgan fingerprint density at radius 3 is 2.13 bits per heavy atom. The summed E-state index contributed by atoms with van der Waals surface area (Å²) in [5, 5.41) is 0. The van der Waals surface area contributed by atoms with Crippen LogP contribution in [0.2, 0.25) is 0 Å². The first kappa shape index (κ1) is 22.2. The van der Waals surface area contributed by atoms with Gasteiger partial charge in [-0.25, -0.2) is 8.42 Å². The maximum atomic E-state index is 13.0. The molecule has 8 heteroatoms. The average Bonchev–Trinajstić information content (AvgIpc) is 2.76. The lowest BCUT2D eigenvalue weighted by atomic mass is 10.0. The predicted molar refractivity (Wildman–Crippen MR) is 127 cm³/mol. The van der Waals surface area contributed by atoms with Gasteiger partial charge in [-0.3, -0.25) is 9.52 Å². The molecule has 0 radical (unpaired) electrons. The third-order valence-electron chi connectivity index (χ3n) is 4.48. The largest absolute Gasteiger partial charge is 0.397 e. The van der Waals surface area contributed by atoms with Gasteiger partial charge in [0.05, 0.1) is 16.3 Å². The molecule has 0 aliphatic carbocycles. The van der Waals surface area contributed by atoms with E-state index in [0.29, 0.717) is 27.4 Å². The van der Waals surface area contributed by atoms with Crippen molar-refractivity contribution in [2.75, 3.05) is 10.5 Å². The molecule has 0 fully saturated rings. The number of amides is 1. The zero-order chi connectivity index (χ0) is 22.6. The topological polar surface area (TPSA) is 115 Å². The summed E-state index contributed by atoms with van der Waals surface area (Å²) in [5.74, 6) is -0.636. The molecule has 0 heterocycles. The molecule has 0 saturated carbocycles. The first-order valence-corrected chi connectivity index (χ1v) is 11.4. The second-order valence-corrected chi connectivity index (χ2v) is 9.28. The maximum absolute atomic E-state index is 13.0. The molecule has 158 valence electrons. The molecule has 6 nitrogen and oxygen atoms in total. The van der Waals surface area contributed by atoms with Crippen LogP contribution in [0.1, 0.15) is 21.5 Å². The number of benzene rings is 3. The number of anilines is 2. The van der Waals surface area contributed by atoms with Crippen LogP contribution < -0.4 is 16.2 Å². The molecular weight excluding hydrogens is 430 g/mol. The minimum Gasteiger partial charge on any atom is -0.397 e. The van der Waals surface area contributed by atoms with Crippen molar-refractivity contribution in [2.24, 2.45) is 5.73 Å². The van der Waals surface area contributed by atoms with Gasteiger partial charge in [-0.1, -0.05) is 55.3 Å². The van der Waals surface area contributed by atoms with E-state index in [1.807, 2.05) is 30.3 Å². The van der Waals surface area contributed by atoms with Gasteiger partial charge in [0.1, 0.15) is 0 Å². The Morgan fingerprint density at radius 2 is 1.58 bits per heavy atom. The Hall–Kier alpha value is -3.49. The van der Waals surface area contributed by atoms with Crippen LogP contribution in [0.25, 0.3) is 12.2 Å². The van der Waals surface area contributed by atoms with Crippen LogP contribution >= 0.6 is 11.8 Å². The van der Waals surface area contributed by atoms with Gasteiger partial charge >= 0.3 is 0 Å². The van der Waals surface area contributed by atoms with Crippen LogP contribution in [-0.4, -0.2) is 14.3 Å². The highest BCUT2D eigenvalue weighted by Gasteiger charge is 2.20. The SMILES string of the molecule is C=Cc1c(NS(=O)(=O)c2ccc(C(N)=O)cc2)cc(Sc2ccccc2)c(N)c1C=C. The fourth-order valence-electron chi connectivity index (χ4n) is 2.94. The summed E-state index contributed by atoms with van der Waals surface area (Å²) in [7, 11) is -3.95. The van der Waals surface area contributed by atoms with Crippen LogP contribution in [0.3, 0.4) is 0 Å². The Kier molecular flexibility index (Phi) is 6.53. The molecule has 0 saturated heterocycles. The molecule has 0 aliphatic rings. The molecular formula is C23H21N3O3S2. The lowest BCUT2D eigenvalue weighted by Gasteiger charge is -2.18. The molecule has 0 aromatic heterocycles. The fraction of sp³-hybridized carbons (Fsp3) is 0. The number of sulfonamides is 1. The average molecular weight is 452 g/mol. The predicted octanol–water partition coefficient (Wildman–Crippen LogP) is 4.61. The molecule has 3 rings (SSSR count). The number of rotatable bonds is 8. The van der Waals surface area contributed by atoms with Crippen molar-refractivity contribution in [3.8, 4) is 0 Å². The quantitative estimate of drug-likeness (QED) is 0.433. The summed E-state index contributed by atoms with van der Waals surface area (Å²) in [5.41, 5.74) is 13.7. The number of nitrogens with two attached hydrogens (primary N) is 2.